The van der Waals surface area contributed by atoms with Gasteiger partial charge >= 0.3 is 0 Å². The van der Waals surface area contributed by atoms with Gasteiger partial charge in [-0.1, -0.05) is 40.5 Å². The maximum absolute atomic E-state index is 12.0. The molecule has 0 bridgehead atoms. The van der Waals surface area contributed by atoms with Crippen molar-refractivity contribution in [1.29, 1.82) is 0 Å². The van der Waals surface area contributed by atoms with E-state index in [0.717, 1.165) is 16.6 Å². The van der Waals surface area contributed by atoms with Crippen molar-refractivity contribution in [1.82, 2.24) is 4.90 Å². The summed E-state index contributed by atoms with van der Waals surface area (Å²) < 4.78 is 0.899. The van der Waals surface area contributed by atoms with E-state index in [0.29, 0.717) is 12.5 Å². The molecule has 0 aromatic heterocycles. The molecule has 2 rings (SSSR count). The molecule has 1 aromatic carbocycles. The van der Waals surface area contributed by atoms with Crippen LogP contribution in [0.25, 0.3) is 0 Å². The number of carbonyl (C=O) groups is 1. The third-order valence-electron chi connectivity index (χ3n) is 3.56. The zero-order valence-corrected chi connectivity index (χ0v) is 11.7. The van der Waals surface area contributed by atoms with Gasteiger partial charge in [0.1, 0.15) is 0 Å². The molecule has 0 radical (unpaired) electrons. The quantitative estimate of drug-likeness (QED) is 0.775. The van der Waals surface area contributed by atoms with Crippen LogP contribution < -0.4 is 0 Å². The monoisotopic (exact) mass is 295 g/mol. The Balaban J connectivity index is 1.87. The summed E-state index contributed by atoms with van der Waals surface area (Å²) in [5.74, 6) is 0.226. The van der Waals surface area contributed by atoms with Crippen molar-refractivity contribution < 1.29 is 4.79 Å². The number of halogens is 1. The molecule has 1 aromatic rings. The first kappa shape index (κ1) is 12.8. The van der Waals surface area contributed by atoms with Crippen LogP contribution in [0.5, 0.6) is 0 Å². The maximum atomic E-state index is 12.0. The second-order valence-electron chi connectivity index (χ2n) is 4.72. The van der Waals surface area contributed by atoms with E-state index in [1.807, 2.05) is 24.3 Å². The van der Waals surface area contributed by atoms with E-state index < -0.39 is 0 Å². The highest BCUT2D eigenvalue weighted by atomic mass is 79.9. The Bertz CT molecular complexity index is 401. The molecular formula is C14H18BrNO. The minimum absolute atomic E-state index is 0.226. The highest BCUT2D eigenvalue weighted by Crippen LogP contribution is 2.24. The summed E-state index contributed by atoms with van der Waals surface area (Å²) in [5, 5.41) is 0. The van der Waals surface area contributed by atoms with Crippen LogP contribution in [-0.4, -0.2) is 30.3 Å². The van der Waals surface area contributed by atoms with Crippen molar-refractivity contribution in [2.45, 2.75) is 31.7 Å². The molecule has 2 nitrogen and oxygen atoms in total. The van der Waals surface area contributed by atoms with Crippen molar-refractivity contribution in [2.24, 2.45) is 0 Å². The molecule has 0 N–H and O–H groups in total. The number of nitrogens with zero attached hydrogens (tertiary/aromatic N) is 1. The van der Waals surface area contributed by atoms with Crippen LogP contribution in [0.3, 0.4) is 0 Å². The van der Waals surface area contributed by atoms with Gasteiger partial charge in [0.2, 0.25) is 0 Å². The minimum atomic E-state index is 0.226. The van der Waals surface area contributed by atoms with Crippen LogP contribution in [0, 0.1) is 0 Å². The van der Waals surface area contributed by atoms with Gasteiger partial charge in [0.15, 0.2) is 5.78 Å². The van der Waals surface area contributed by atoms with Gasteiger partial charge in [0.05, 0.1) is 0 Å². The van der Waals surface area contributed by atoms with Gasteiger partial charge in [-0.3, -0.25) is 4.79 Å². The van der Waals surface area contributed by atoms with E-state index in [1.165, 1.54) is 19.3 Å². The van der Waals surface area contributed by atoms with Crippen LogP contribution in [-0.2, 0) is 0 Å². The Morgan fingerprint density at radius 3 is 2.71 bits per heavy atom. The highest BCUT2D eigenvalue weighted by molar-refractivity contribution is 9.10. The van der Waals surface area contributed by atoms with E-state index in [1.54, 1.807) is 0 Å². The number of hydrogen-bond donors (Lipinski definition) is 0. The van der Waals surface area contributed by atoms with Crippen molar-refractivity contribution in [3.8, 4) is 0 Å². The third kappa shape index (κ3) is 3.17. The van der Waals surface area contributed by atoms with Gasteiger partial charge in [0.25, 0.3) is 0 Å². The normalized spacial score (nSPS) is 15.9. The molecule has 0 spiro atoms. The van der Waals surface area contributed by atoms with Crippen LogP contribution in [0.4, 0.5) is 0 Å². The lowest BCUT2D eigenvalue weighted by atomic mass is 9.91. The smallest absolute Gasteiger partial charge is 0.165 e. The van der Waals surface area contributed by atoms with Gasteiger partial charge < -0.3 is 4.90 Å². The average Bonchev–Trinajstić information content (AvgIpc) is 2.24. The van der Waals surface area contributed by atoms with Crippen LogP contribution in [0.1, 0.15) is 36.0 Å². The zero-order chi connectivity index (χ0) is 12.3. The average molecular weight is 296 g/mol. The second kappa shape index (κ2) is 5.78. The molecule has 0 unspecified atom stereocenters. The molecule has 0 amide bonds. The van der Waals surface area contributed by atoms with Crippen LogP contribution >= 0.6 is 15.9 Å². The Morgan fingerprint density at radius 1 is 1.41 bits per heavy atom. The molecule has 3 heteroatoms. The van der Waals surface area contributed by atoms with E-state index in [4.69, 9.17) is 0 Å². The zero-order valence-electron chi connectivity index (χ0n) is 10.2. The first-order valence-corrected chi connectivity index (χ1v) is 6.96. The van der Waals surface area contributed by atoms with Gasteiger partial charge in [0, 0.05) is 29.0 Å². The summed E-state index contributed by atoms with van der Waals surface area (Å²) in [7, 11) is 2.12. The van der Waals surface area contributed by atoms with Gasteiger partial charge in [-0.25, -0.2) is 0 Å². The lowest BCUT2D eigenvalue weighted by molar-refractivity contribution is 0.0939. The highest BCUT2D eigenvalue weighted by Gasteiger charge is 2.22. The summed E-state index contributed by atoms with van der Waals surface area (Å²) in [6.07, 6.45) is 4.53. The van der Waals surface area contributed by atoms with Gasteiger partial charge in [-0.2, -0.15) is 0 Å². The van der Waals surface area contributed by atoms with E-state index in [9.17, 15) is 4.79 Å². The molecule has 92 valence electrons. The Morgan fingerprint density at radius 2 is 2.12 bits per heavy atom. The fourth-order valence-corrected chi connectivity index (χ4v) is 2.62. The number of carbonyl (C=O) groups excluding carboxylic acids is 1. The molecular weight excluding hydrogens is 278 g/mol. The fourth-order valence-electron chi connectivity index (χ4n) is 2.11. The fraction of sp³-hybridized carbons (Fsp3) is 0.500. The van der Waals surface area contributed by atoms with Gasteiger partial charge in [-0.15, -0.1) is 0 Å². The third-order valence-corrected chi connectivity index (χ3v) is 4.26. The first-order chi connectivity index (χ1) is 8.18. The first-order valence-electron chi connectivity index (χ1n) is 6.16. The van der Waals surface area contributed by atoms with Crippen LogP contribution in [0.2, 0.25) is 0 Å². The van der Waals surface area contributed by atoms with Crippen molar-refractivity contribution in [3.63, 3.8) is 0 Å². The lowest BCUT2D eigenvalue weighted by Crippen LogP contribution is -2.38. The van der Waals surface area contributed by atoms with Crippen molar-refractivity contribution in [3.05, 3.63) is 34.3 Å². The molecule has 0 heterocycles. The molecule has 0 saturated heterocycles. The van der Waals surface area contributed by atoms with E-state index in [2.05, 4.69) is 27.9 Å². The van der Waals surface area contributed by atoms with Gasteiger partial charge in [-0.05, 0) is 26.0 Å². The summed E-state index contributed by atoms with van der Waals surface area (Å²) in [5.41, 5.74) is 0.800. The Hall–Kier alpha value is -0.670. The number of hydrogen-bond acceptors (Lipinski definition) is 2. The maximum Gasteiger partial charge on any atom is 0.165 e. The van der Waals surface area contributed by atoms with Crippen LogP contribution in [0.15, 0.2) is 28.7 Å². The summed E-state index contributed by atoms with van der Waals surface area (Å²) in [6, 6.07) is 8.36. The Kier molecular flexibility index (Phi) is 4.35. The molecule has 0 aliphatic heterocycles. The SMILES string of the molecule is CN(CCC(=O)c1ccccc1Br)C1CCC1. The summed E-state index contributed by atoms with van der Waals surface area (Å²) in [4.78, 5) is 14.4. The molecule has 1 saturated carbocycles. The largest absolute Gasteiger partial charge is 0.303 e. The molecule has 0 atom stereocenters. The predicted molar refractivity (Wildman–Crippen MR) is 73.4 cm³/mol. The van der Waals surface area contributed by atoms with E-state index >= 15 is 0 Å². The lowest BCUT2D eigenvalue weighted by Gasteiger charge is -2.34. The second-order valence-corrected chi connectivity index (χ2v) is 5.57. The van der Waals surface area contributed by atoms with Crippen molar-refractivity contribution in [2.75, 3.05) is 13.6 Å². The molecule has 17 heavy (non-hydrogen) atoms. The topological polar surface area (TPSA) is 20.3 Å². The molecule has 1 fully saturated rings. The number of rotatable bonds is 5. The number of ketones is 1. The number of Topliss-reactive ketones (excluding diaryl/α,β-unsaturated/α-hetero) is 1. The Labute approximate surface area is 111 Å². The standard InChI is InChI=1S/C14H18BrNO/c1-16(11-5-4-6-11)10-9-14(17)12-7-2-3-8-13(12)15/h2-3,7-8,11H,4-6,9-10H2,1H3. The molecule has 1 aliphatic rings. The summed E-state index contributed by atoms with van der Waals surface area (Å²) in [6.45, 7) is 0.866. The molecule has 1 aliphatic carbocycles. The van der Waals surface area contributed by atoms with E-state index in [-0.39, 0.29) is 5.78 Å². The predicted octanol–water partition coefficient (Wildman–Crippen LogP) is 3.51. The van der Waals surface area contributed by atoms with Crippen molar-refractivity contribution >= 4 is 21.7 Å². The summed E-state index contributed by atoms with van der Waals surface area (Å²) >= 11 is 3.42. The minimum Gasteiger partial charge on any atom is -0.303 e. The number of benzene rings is 1.